The second kappa shape index (κ2) is 6.50. The van der Waals surface area contributed by atoms with Crippen molar-refractivity contribution in [1.29, 1.82) is 0 Å². The fraction of sp³-hybridized carbons (Fsp3) is 0.571. The minimum absolute atomic E-state index is 0.124. The molecular weight excluding hydrogens is 226 g/mol. The van der Waals surface area contributed by atoms with Crippen molar-refractivity contribution in [2.24, 2.45) is 17.6 Å². The number of amides is 1. The molecule has 1 aromatic heterocycles. The van der Waals surface area contributed by atoms with Gasteiger partial charge in [0.1, 0.15) is 0 Å². The van der Waals surface area contributed by atoms with Gasteiger partial charge in [-0.1, -0.05) is 12.5 Å². The largest absolute Gasteiger partial charge is 0.355 e. The molecule has 0 bridgehead atoms. The van der Waals surface area contributed by atoms with Gasteiger partial charge < -0.3 is 11.1 Å². The van der Waals surface area contributed by atoms with Gasteiger partial charge in [-0.3, -0.25) is 9.78 Å². The van der Waals surface area contributed by atoms with Crippen molar-refractivity contribution in [2.45, 2.75) is 25.7 Å². The molecule has 0 aliphatic heterocycles. The topological polar surface area (TPSA) is 68.0 Å². The molecule has 1 fully saturated rings. The molecule has 4 heteroatoms. The fourth-order valence-electron chi connectivity index (χ4n) is 2.66. The summed E-state index contributed by atoms with van der Waals surface area (Å²) < 4.78 is 0. The maximum Gasteiger partial charge on any atom is 0.223 e. The first kappa shape index (κ1) is 13.0. The molecule has 0 saturated heterocycles. The van der Waals surface area contributed by atoms with Crippen molar-refractivity contribution in [3.05, 3.63) is 30.1 Å². The van der Waals surface area contributed by atoms with E-state index in [-0.39, 0.29) is 11.8 Å². The molecule has 1 saturated carbocycles. The van der Waals surface area contributed by atoms with E-state index in [2.05, 4.69) is 10.3 Å². The van der Waals surface area contributed by atoms with Crippen LogP contribution in [0.1, 0.15) is 25.0 Å². The fourth-order valence-corrected chi connectivity index (χ4v) is 2.66. The Morgan fingerprint density at radius 3 is 3.06 bits per heavy atom. The van der Waals surface area contributed by atoms with Crippen LogP contribution in [0.25, 0.3) is 0 Å². The van der Waals surface area contributed by atoms with E-state index in [0.717, 1.165) is 31.4 Å². The van der Waals surface area contributed by atoms with Gasteiger partial charge in [0.25, 0.3) is 0 Å². The second-order valence-corrected chi connectivity index (χ2v) is 4.90. The van der Waals surface area contributed by atoms with Gasteiger partial charge in [-0.05, 0) is 37.4 Å². The molecule has 1 heterocycles. The summed E-state index contributed by atoms with van der Waals surface area (Å²) >= 11 is 0. The van der Waals surface area contributed by atoms with Crippen LogP contribution in [0.2, 0.25) is 0 Å². The zero-order valence-electron chi connectivity index (χ0n) is 10.6. The van der Waals surface area contributed by atoms with E-state index in [0.29, 0.717) is 19.0 Å². The number of hydrogen-bond donors (Lipinski definition) is 2. The maximum atomic E-state index is 12.0. The van der Waals surface area contributed by atoms with E-state index in [9.17, 15) is 4.79 Å². The molecule has 18 heavy (non-hydrogen) atoms. The molecule has 1 aliphatic carbocycles. The van der Waals surface area contributed by atoms with Gasteiger partial charge >= 0.3 is 0 Å². The number of nitrogens with zero attached hydrogens (tertiary/aromatic N) is 1. The van der Waals surface area contributed by atoms with Gasteiger partial charge in [-0.2, -0.15) is 0 Å². The summed E-state index contributed by atoms with van der Waals surface area (Å²) in [6.07, 6.45) is 5.76. The highest BCUT2D eigenvalue weighted by atomic mass is 16.1. The first-order valence-corrected chi connectivity index (χ1v) is 6.69. The number of aromatic nitrogens is 1. The minimum Gasteiger partial charge on any atom is -0.355 e. The zero-order valence-corrected chi connectivity index (χ0v) is 10.6. The first-order chi connectivity index (χ1) is 8.81. The van der Waals surface area contributed by atoms with E-state index in [1.807, 2.05) is 18.2 Å². The molecule has 0 spiro atoms. The number of hydrogen-bond acceptors (Lipinski definition) is 3. The lowest BCUT2D eigenvalue weighted by atomic mass is 9.95. The number of carbonyl (C=O) groups excluding carboxylic acids is 1. The number of pyridine rings is 1. The molecule has 3 N–H and O–H groups in total. The van der Waals surface area contributed by atoms with E-state index < -0.39 is 0 Å². The van der Waals surface area contributed by atoms with Crippen molar-refractivity contribution >= 4 is 5.91 Å². The smallest absolute Gasteiger partial charge is 0.223 e. The molecule has 1 aliphatic rings. The molecule has 98 valence electrons. The predicted octanol–water partition coefficient (Wildman–Crippen LogP) is 1.12. The van der Waals surface area contributed by atoms with Gasteiger partial charge in [-0.15, -0.1) is 0 Å². The third kappa shape index (κ3) is 3.29. The van der Waals surface area contributed by atoms with E-state index in [4.69, 9.17) is 5.73 Å². The Hall–Kier alpha value is -1.42. The molecule has 0 aromatic carbocycles. The van der Waals surface area contributed by atoms with E-state index in [1.54, 1.807) is 6.20 Å². The van der Waals surface area contributed by atoms with Crippen LogP contribution in [0.3, 0.4) is 0 Å². The van der Waals surface area contributed by atoms with Gasteiger partial charge in [0.15, 0.2) is 0 Å². The van der Waals surface area contributed by atoms with Crippen molar-refractivity contribution in [3.63, 3.8) is 0 Å². The number of rotatable bonds is 5. The summed E-state index contributed by atoms with van der Waals surface area (Å²) in [6, 6.07) is 5.84. The van der Waals surface area contributed by atoms with Crippen molar-refractivity contribution in [1.82, 2.24) is 10.3 Å². The van der Waals surface area contributed by atoms with E-state index >= 15 is 0 Å². The Balaban J connectivity index is 1.75. The molecule has 2 atom stereocenters. The number of carbonyl (C=O) groups is 1. The van der Waals surface area contributed by atoms with Crippen molar-refractivity contribution in [2.75, 3.05) is 13.1 Å². The van der Waals surface area contributed by atoms with Crippen LogP contribution in [-0.4, -0.2) is 24.0 Å². The van der Waals surface area contributed by atoms with Crippen molar-refractivity contribution < 1.29 is 4.79 Å². The SMILES string of the molecule is NCC1CCCC1C(=O)NCCc1ccccn1. The third-order valence-electron chi connectivity index (χ3n) is 3.71. The van der Waals surface area contributed by atoms with Gasteiger partial charge in [0.05, 0.1) is 0 Å². The Labute approximate surface area is 108 Å². The molecule has 1 aromatic rings. The lowest BCUT2D eigenvalue weighted by molar-refractivity contribution is -0.125. The van der Waals surface area contributed by atoms with Crippen molar-refractivity contribution in [3.8, 4) is 0 Å². The first-order valence-electron chi connectivity index (χ1n) is 6.69. The Bertz CT molecular complexity index is 380. The molecule has 4 nitrogen and oxygen atoms in total. The normalized spacial score (nSPS) is 22.9. The maximum absolute atomic E-state index is 12.0. The molecule has 2 unspecified atom stereocenters. The summed E-state index contributed by atoms with van der Waals surface area (Å²) in [5.41, 5.74) is 6.71. The Kier molecular flexibility index (Phi) is 4.70. The van der Waals surface area contributed by atoms with Crippen LogP contribution in [-0.2, 0) is 11.2 Å². The quantitative estimate of drug-likeness (QED) is 0.819. The van der Waals surface area contributed by atoms with Crippen LogP contribution in [0.4, 0.5) is 0 Å². The summed E-state index contributed by atoms with van der Waals surface area (Å²) in [4.78, 5) is 16.3. The molecule has 1 amide bonds. The highest BCUT2D eigenvalue weighted by Crippen LogP contribution is 2.30. The average molecular weight is 247 g/mol. The second-order valence-electron chi connectivity index (χ2n) is 4.90. The highest BCUT2D eigenvalue weighted by Gasteiger charge is 2.31. The van der Waals surface area contributed by atoms with Gasteiger partial charge in [0, 0.05) is 30.8 Å². The minimum atomic E-state index is 0.124. The summed E-state index contributed by atoms with van der Waals surface area (Å²) in [6.45, 7) is 1.28. The summed E-state index contributed by atoms with van der Waals surface area (Å²) in [5.74, 6) is 0.664. The predicted molar refractivity (Wildman–Crippen MR) is 70.8 cm³/mol. The van der Waals surface area contributed by atoms with Crippen LogP contribution in [0.5, 0.6) is 0 Å². The zero-order chi connectivity index (χ0) is 12.8. The molecular formula is C14H21N3O. The van der Waals surface area contributed by atoms with Gasteiger partial charge in [-0.25, -0.2) is 0 Å². The van der Waals surface area contributed by atoms with Crippen LogP contribution in [0, 0.1) is 11.8 Å². The van der Waals surface area contributed by atoms with E-state index in [1.165, 1.54) is 0 Å². The standard InChI is InChI=1S/C14H21N3O/c15-10-11-4-3-6-13(11)14(18)17-9-7-12-5-1-2-8-16-12/h1-2,5,8,11,13H,3-4,6-7,9-10,15H2,(H,17,18). The number of nitrogens with two attached hydrogens (primary N) is 1. The Morgan fingerprint density at radius 1 is 1.44 bits per heavy atom. The summed E-state index contributed by atoms with van der Waals surface area (Å²) in [7, 11) is 0. The lowest BCUT2D eigenvalue weighted by Crippen LogP contribution is -2.36. The Morgan fingerprint density at radius 2 is 2.33 bits per heavy atom. The molecule has 2 rings (SSSR count). The number of nitrogens with one attached hydrogen (secondary N) is 1. The van der Waals surface area contributed by atoms with Crippen LogP contribution in [0.15, 0.2) is 24.4 Å². The monoisotopic (exact) mass is 247 g/mol. The van der Waals surface area contributed by atoms with Crippen LogP contribution < -0.4 is 11.1 Å². The van der Waals surface area contributed by atoms with Gasteiger partial charge in [0.2, 0.25) is 5.91 Å². The molecule has 0 radical (unpaired) electrons. The lowest BCUT2D eigenvalue weighted by Gasteiger charge is -2.17. The average Bonchev–Trinajstić information content (AvgIpc) is 2.88. The van der Waals surface area contributed by atoms with Crippen LogP contribution >= 0.6 is 0 Å². The summed E-state index contributed by atoms with van der Waals surface area (Å²) in [5, 5.41) is 3.00. The highest BCUT2D eigenvalue weighted by molar-refractivity contribution is 5.79. The third-order valence-corrected chi connectivity index (χ3v) is 3.71.